The molecule has 0 bridgehead atoms. The first-order valence-corrected chi connectivity index (χ1v) is 4.69. The van der Waals surface area contributed by atoms with E-state index in [4.69, 9.17) is 4.74 Å². The van der Waals surface area contributed by atoms with Gasteiger partial charge in [0.05, 0.1) is 4.92 Å². The molecule has 0 fully saturated rings. The molecular formula is C11H7FN2O3. The predicted octanol–water partition coefficient (Wildman–Crippen LogP) is 2.92. The van der Waals surface area contributed by atoms with Crippen molar-refractivity contribution in [2.24, 2.45) is 0 Å². The zero-order valence-electron chi connectivity index (χ0n) is 8.54. The quantitative estimate of drug-likeness (QED) is 0.465. The van der Waals surface area contributed by atoms with Crippen molar-refractivity contribution in [2.75, 3.05) is 0 Å². The molecule has 0 radical (unpaired) electrons. The van der Waals surface area contributed by atoms with Crippen LogP contribution in [0.25, 0.3) is 0 Å². The highest BCUT2D eigenvalue weighted by molar-refractivity contribution is 5.38. The van der Waals surface area contributed by atoms with E-state index in [-0.39, 0.29) is 11.4 Å². The zero-order chi connectivity index (χ0) is 12.3. The van der Waals surface area contributed by atoms with Crippen LogP contribution >= 0.6 is 0 Å². The first-order valence-electron chi connectivity index (χ1n) is 4.69. The molecule has 2 rings (SSSR count). The van der Waals surface area contributed by atoms with Crippen molar-refractivity contribution in [3.63, 3.8) is 0 Å². The molecule has 0 N–H and O–H groups in total. The molecule has 0 atom stereocenters. The van der Waals surface area contributed by atoms with Gasteiger partial charge >= 0.3 is 0 Å². The van der Waals surface area contributed by atoms with E-state index in [0.29, 0.717) is 5.75 Å². The summed E-state index contributed by atoms with van der Waals surface area (Å²) in [5, 5.41) is 10.4. The Bertz CT molecular complexity index is 543. The summed E-state index contributed by atoms with van der Waals surface area (Å²) in [4.78, 5) is 13.3. The number of aromatic nitrogens is 1. The number of non-ortho nitro benzene ring substituents is 1. The van der Waals surface area contributed by atoms with Gasteiger partial charge in [0.25, 0.3) is 5.69 Å². The topological polar surface area (TPSA) is 65.3 Å². The number of nitro groups is 1. The monoisotopic (exact) mass is 234 g/mol. The number of ether oxygens (including phenoxy) is 1. The van der Waals surface area contributed by atoms with Gasteiger partial charge in [0, 0.05) is 24.4 Å². The van der Waals surface area contributed by atoms with Crippen LogP contribution < -0.4 is 4.74 Å². The van der Waals surface area contributed by atoms with Crippen molar-refractivity contribution in [2.45, 2.75) is 0 Å². The van der Waals surface area contributed by atoms with Crippen molar-refractivity contribution in [3.05, 3.63) is 58.7 Å². The van der Waals surface area contributed by atoms with E-state index in [0.717, 1.165) is 6.07 Å². The van der Waals surface area contributed by atoms with Crippen LogP contribution in [0.2, 0.25) is 0 Å². The second kappa shape index (κ2) is 4.56. The van der Waals surface area contributed by atoms with Gasteiger partial charge in [-0.3, -0.25) is 10.1 Å². The Labute approximate surface area is 95.6 Å². The number of pyridine rings is 1. The number of nitrogens with zero attached hydrogens (tertiary/aromatic N) is 2. The van der Waals surface area contributed by atoms with Crippen LogP contribution in [0.5, 0.6) is 11.5 Å². The summed E-state index contributed by atoms with van der Waals surface area (Å²) < 4.78 is 18.1. The summed E-state index contributed by atoms with van der Waals surface area (Å²) in [6.45, 7) is 0. The fraction of sp³-hybridized carbons (Fsp3) is 0. The van der Waals surface area contributed by atoms with Crippen molar-refractivity contribution in [1.82, 2.24) is 4.98 Å². The van der Waals surface area contributed by atoms with E-state index in [1.165, 1.54) is 36.5 Å². The van der Waals surface area contributed by atoms with Crippen LogP contribution in [-0.4, -0.2) is 9.91 Å². The molecule has 6 heteroatoms. The lowest BCUT2D eigenvalue weighted by molar-refractivity contribution is -0.384. The van der Waals surface area contributed by atoms with Crippen LogP contribution in [0, 0.1) is 16.1 Å². The molecule has 86 valence electrons. The first-order chi connectivity index (χ1) is 8.15. The van der Waals surface area contributed by atoms with Gasteiger partial charge in [-0.15, -0.1) is 0 Å². The Balaban J connectivity index is 2.16. The molecule has 17 heavy (non-hydrogen) atoms. The third-order valence-electron chi connectivity index (χ3n) is 1.98. The van der Waals surface area contributed by atoms with Crippen LogP contribution in [0.15, 0.2) is 42.6 Å². The minimum absolute atomic E-state index is 0.0294. The molecule has 1 heterocycles. The maximum atomic E-state index is 12.8. The molecule has 0 aliphatic rings. The van der Waals surface area contributed by atoms with Gasteiger partial charge in [0.15, 0.2) is 0 Å². The maximum absolute atomic E-state index is 12.8. The third-order valence-corrected chi connectivity index (χ3v) is 1.98. The summed E-state index contributed by atoms with van der Waals surface area (Å²) in [5.41, 5.74) is -0.0294. The zero-order valence-corrected chi connectivity index (χ0v) is 8.54. The number of halogens is 1. The fourth-order valence-corrected chi connectivity index (χ4v) is 1.22. The highest BCUT2D eigenvalue weighted by atomic mass is 19.1. The number of benzene rings is 1. The molecule has 1 aromatic carbocycles. The Kier molecular flexibility index (Phi) is 2.95. The second-order valence-electron chi connectivity index (χ2n) is 3.17. The predicted molar refractivity (Wildman–Crippen MR) is 57.4 cm³/mol. The van der Waals surface area contributed by atoms with E-state index in [2.05, 4.69) is 4.98 Å². The average molecular weight is 234 g/mol. The number of hydrogen-bond acceptors (Lipinski definition) is 4. The second-order valence-corrected chi connectivity index (χ2v) is 3.17. The van der Waals surface area contributed by atoms with Gasteiger partial charge in [-0.2, -0.15) is 4.39 Å². The molecular weight excluding hydrogens is 227 g/mol. The normalized spacial score (nSPS) is 9.94. The highest BCUT2D eigenvalue weighted by Crippen LogP contribution is 2.23. The van der Waals surface area contributed by atoms with Gasteiger partial charge in [-0.25, -0.2) is 4.98 Å². The van der Waals surface area contributed by atoms with Crippen molar-refractivity contribution < 1.29 is 14.1 Å². The van der Waals surface area contributed by atoms with Gasteiger partial charge in [-0.05, 0) is 18.2 Å². The Morgan fingerprint density at radius 3 is 2.47 bits per heavy atom. The lowest BCUT2D eigenvalue weighted by Crippen LogP contribution is -1.89. The summed E-state index contributed by atoms with van der Waals surface area (Å²) >= 11 is 0. The van der Waals surface area contributed by atoms with Crippen molar-refractivity contribution in [3.8, 4) is 11.5 Å². The van der Waals surface area contributed by atoms with Crippen molar-refractivity contribution >= 4 is 5.69 Å². The molecule has 5 nitrogen and oxygen atoms in total. The number of nitro benzene ring substituents is 1. The summed E-state index contributed by atoms with van der Waals surface area (Å²) in [6, 6.07) is 8.12. The van der Waals surface area contributed by atoms with Crippen LogP contribution in [-0.2, 0) is 0 Å². The molecule has 0 aliphatic carbocycles. The van der Waals surface area contributed by atoms with E-state index < -0.39 is 10.9 Å². The highest BCUT2D eigenvalue weighted by Gasteiger charge is 2.05. The minimum atomic E-state index is -0.649. The SMILES string of the molecule is O=[N+]([O-])c1ccc(Oc2ccnc(F)c2)cc1. The van der Waals surface area contributed by atoms with Crippen LogP contribution in [0.1, 0.15) is 0 Å². The Hall–Kier alpha value is -2.50. The molecule has 0 amide bonds. The lowest BCUT2D eigenvalue weighted by Gasteiger charge is -2.04. The molecule has 0 aliphatic heterocycles. The summed E-state index contributed by atoms with van der Waals surface area (Å²) in [5.74, 6) is 0.0250. The molecule has 2 aromatic rings. The van der Waals surface area contributed by atoms with Gasteiger partial charge in [0.1, 0.15) is 11.5 Å². The third kappa shape index (κ3) is 2.75. The van der Waals surface area contributed by atoms with Gasteiger partial charge in [0.2, 0.25) is 5.95 Å². The van der Waals surface area contributed by atoms with E-state index >= 15 is 0 Å². The van der Waals surface area contributed by atoms with E-state index in [9.17, 15) is 14.5 Å². The lowest BCUT2D eigenvalue weighted by atomic mass is 10.3. The molecule has 0 spiro atoms. The maximum Gasteiger partial charge on any atom is 0.269 e. The minimum Gasteiger partial charge on any atom is -0.457 e. The first kappa shape index (κ1) is 11.0. The average Bonchev–Trinajstić information content (AvgIpc) is 2.29. The molecule has 1 aromatic heterocycles. The number of hydrogen-bond donors (Lipinski definition) is 0. The Morgan fingerprint density at radius 1 is 1.18 bits per heavy atom. The van der Waals surface area contributed by atoms with E-state index in [1.807, 2.05) is 0 Å². The van der Waals surface area contributed by atoms with Crippen LogP contribution in [0.3, 0.4) is 0 Å². The fourth-order valence-electron chi connectivity index (χ4n) is 1.22. The smallest absolute Gasteiger partial charge is 0.269 e. The molecule has 0 saturated heterocycles. The van der Waals surface area contributed by atoms with Gasteiger partial charge < -0.3 is 4.74 Å². The largest absolute Gasteiger partial charge is 0.457 e. The number of rotatable bonds is 3. The standard InChI is InChI=1S/C11H7FN2O3/c12-11-7-10(5-6-13-11)17-9-3-1-8(2-4-9)14(15)16/h1-7H. The Morgan fingerprint density at radius 2 is 1.88 bits per heavy atom. The molecule has 0 saturated carbocycles. The van der Waals surface area contributed by atoms with Gasteiger partial charge in [-0.1, -0.05) is 0 Å². The molecule has 0 unspecified atom stereocenters. The van der Waals surface area contributed by atoms with E-state index in [1.54, 1.807) is 0 Å². The summed E-state index contributed by atoms with van der Waals surface area (Å²) in [6.07, 6.45) is 1.27. The van der Waals surface area contributed by atoms with Crippen LogP contribution in [0.4, 0.5) is 10.1 Å². The summed E-state index contributed by atoms with van der Waals surface area (Å²) in [7, 11) is 0. The van der Waals surface area contributed by atoms with Crippen molar-refractivity contribution in [1.29, 1.82) is 0 Å².